The van der Waals surface area contributed by atoms with Gasteiger partial charge in [0.15, 0.2) is 6.10 Å². The molecule has 0 heterocycles. The summed E-state index contributed by atoms with van der Waals surface area (Å²) in [5.41, 5.74) is -1.72. The fraction of sp³-hybridized carbons (Fsp3) is 0.812. The topological polar surface area (TPSA) is 99.1 Å². The predicted octanol–water partition coefficient (Wildman–Crippen LogP) is 1.46. The lowest BCUT2D eigenvalue weighted by Crippen LogP contribution is -2.49. The van der Waals surface area contributed by atoms with Crippen LogP contribution in [0.4, 0.5) is 0 Å². The molecule has 0 aromatic carbocycles. The van der Waals surface area contributed by atoms with Crippen LogP contribution in [0.15, 0.2) is 0 Å². The maximum Gasteiger partial charge on any atom is 0.351 e. The third-order valence-corrected chi connectivity index (χ3v) is 2.91. The molecule has 1 N–H and O–H groups in total. The molecule has 0 bridgehead atoms. The van der Waals surface area contributed by atoms with Crippen molar-refractivity contribution in [2.45, 2.75) is 66.8 Å². The molecule has 0 saturated carbocycles. The van der Waals surface area contributed by atoms with Crippen molar-refractivity contribution in [2.24, 2.45) is 10.8 Å². The Balaban J connectivity index is 5.49. The number of aliphatic hydroxyl groups is 1. The van der Waals surface area contributed by atoms with Crippen LogP contribution in [0.3, 0.4) is 0 Å². The minimum Gasteiger partial charge on any atom is -0.466 e. The van der Waals surface area contributed by atoms with E-state index in [-0.39, 0.29) is 0 Å². The first kappa shape index (κ1) is 21.4. The van der Waals surface area contributed by atoms with Crippen LogP contribution in [-0.2, 0) is 28.6 Å². The number of carbonyl (C=O) groups is 3. The van der Waals surface area contributed by atoms with Crippen LogP contribution < -0.4 is 0 Å². The fourth-order valence-corrected chi connectivity index (χ4v) is 1.37. The molecule has 7 heteroatoms. The highest BCUT2D eigenvalue weighted by Crippen LogP contribution is 2.23. The second kappa shape index (κ2) is 7.77. The zero-order chi connectivity index (χ0) is 18.6. The quantitative estimate of drug-likeness (QED) is 0.601. The SMILES string of the molecule is COC(=O)[C@H](OC(=O)C(C)(C)C)[C@@H](OC(=O)C(C)(C)C)[C@@H](C)O. The maximum absolute atomic E-state index is 12.1. The lowest BCUT2D eigenvalue weighted by Gasteiger charge is -2.31. The van der Waals surface area contributed by atoms with Crippen molar-refractivity contribution in [3.05, 3.63) is 0 Å². The lowest BCUT2D eigenvalue weighted by molar-refractivity contribution is -0.195. The molecule has 0 fully saturated rings. The zero-order valence-corrected chi connectivity index (χ0v) is 15.1. The zero-order valence-electron chi connectivity index (χ0n) is 15.1. The van der Waals surface area contributed by atoms with Crippen molar-refractivity contribution < 1.29 is 33.7 Å². The van der Waals surface area contributed by atoms with E-state index in [0.717, 1.165) is 7.11 Å². The molecule has 0 aromatic rings. The van der Waals surface area contributed by atoms with Gasteiger partial charge in [-0.1, -0.05) is 0 Å². The van der Waals surface area contributed by atoms with Crippen LogP contribution >= 0.6 is 0 Å². The van der Waals surface area contributed by atoms with Gasteiger partial charge in [0.05, 0.1) is 24.0 Å². The Bertz CT molecular complexity index is 440. The third kappa shape index (κ3) is 6.56. The van der Waals surface area contributed by atoms with Crippen molar-refractivity contribution in [2.75, 3.05) is 7.11 Å². The average Bonchev–Trinajstić information content (AvgIpc) is 2.38. The summed E-state index contributed by atoms with van der Waals surface area (Å²) in [7, 11) is 1.12. The molecule has 0 aliphatic carbocycles. The molecule has 3 atom stereocenters. The molecular formula is C16H28O7. The Labute approximate surface area is 137 Å². The van der Waals surface area contributed by atoms with Crippen molar-refractivity contribution in [3.8, 4) is 0 Å². The van der Waals surface area contributed by atoms with Gasteiger partial charge >= 0.3 is 17.9 Å². The van der Waals surface area contributed by atoms with Gasteiger partial charge in [-0.05, 0) is 48.5 Å². The van der Waals surface area contributed by atoms with Crippen LogP contribution in [0.2, 0.25) is 0 Å². The normalized spacial score (nSPS) is 16.0. The van der Waals surface area contributed by atoms with Gasteiger partial charge in [-0.25, -0.2) is 4.79 Å². The fourth-order valence-electron chi connectivity index (χ4n) is 1.37. The van der Waals surface area contributed by atoms with Gasteiger partial charge in [0.1, 0.15) is 0 Å². The minimum absolute atomic E-state index is 0.635. The highest BCUT2D eigenvalue weighted by atomic mass is 16.6. The summed E-state index contributed by atoms with van der Waals surface area (Å²) < 4.78 is 15.0. The highest BCUT2D eigenvalue weighted by molar-refractivity contribution is 5.83. The Kier molecular flexibility index (Phi) is 7.22. The van der Waals surface area contributed by atoms with E-state index >= 15 is 0 Å². The standard InChI is InChI=1S/C16H28O7/c1-9(17)10(22-13(19)15(2,3)4)11(12(18)21-8)23-14(20)16(5,6)7/h9-11,17H,1-8H3/t9-,10+,11-/m1/s1. The van der Waals surface area contributed by atoms with E-state index in [9.17, 15) is 19.5 Å². The van der Waals surface area contributed by atoms with Gasteiger partial charge in [-0.2, -0.15) is 0 Å². The number of hydrogen-bond donors (Lipinski definition) is 1. The number of methoxy groups -OCH3 is 1. The Hall–Kier alpha value is -1.63. The van der Waals surface area contributed by atoms with Gasteiger partial charge in [0, 0.05) is 0 Å². The van der Waals surface area contributed by atoms with E-state index in [1.54, 1.807) is 41.5 Å². The first-order chi connectivity index (χ1) is 10.2. The molecule has 0 aliphatic heterocycles. The molecule has 0 aliphatic rings. The Morgan fingerprint density at radius 2 is 1.26 bits per heavy atom. The first-order valence-corrected chi connectivity index (χ1v) is 7.40. The summed E-state index contributed by atoms with van der Waals surface area (Å²) >= 11 is 0. The maximum atomic E-state index is 12.1. The van der Waals surface area contributed by atoms with E-state index in [0.29, 0.717) is 0 Å². The summed E-state index contributed by atoms with van der Waals surface area (Å²) in [5.74, 6) is -2.22. The second-order valence-corrected chi connectivity index (χ2v) is 7.46. The molecule has 0 aromatic heterocycles. The van der Waals surface area contributed by atoms with Crippen molar-refractivity contribution >= 4 is 17.9 Å². The molecule has 0 saturated heterocycles. The number of aliphatic hydroxyl groups excluding tert-OH is 1. The minimum atomic E-state index is -1.54. The van der Waals surface area contributed by atoms with Gasteiger partial charge in [-0.3, -0.25) is 9.59 Å². The van der Waals surface area contributed by atoms with Crippen LogP contribution in [0, 0.1) is 10.8 Å². The van der Waals surface area contributed by atoms with Crippen LogP contribution in [0.5, 0.6) is 0 Å². The van der Waals surface area contributed by atoms with Crippen LogP contribution in [0.1, 0.15) is 48.5 Å². The van der Waals surface area contributed by atoms with E-state index < -0.39 is 47.0 Å². The number of esters is 3. The molecule has 7 nitrogen and oxygen atoms in total. The van der Waals surface area contributed by atoms with E-state index in [1.165, 1.54) is 6.92 Å². The second-order valence-electron chi connectivity index (χ2n) is 7.46. The number of hydrogen-bond acceptors (Lipinski definition) is 7. The highest BCUT2D eigenvalue weighted by Gasteiger charge is 2.42. The molecule has 134 valence electrons. The van der Waals surface area contributed by atoms with Crippen molar-refractivity contribution in [1.29, 1.82) is 0 Å². The van der Waals surface area contributed by atoms with E-state index in [4.69, 9.17) is 9.47 Å². The predicted molar refractivity (Wildman–Crippen MR) is 82.4 cm³/mol. The molecule has 23 heavy (non-hydrogen) atoms. The monoisotopic (exact) mass is 332 g/mol. The van der Waals surface area contributed by atoms with Crippen LogP contribution in [0.25, 0.3) is 0 Å². The number of carbonyl (C=O) groups excluding carboxylic acids is 3. The molecule has 0 unspecified atom stereocenters. The van der Waals surface area contributed by atoms with Gasteiger partial charge in [0.25, 0.3) is 0 Å². The van der Waals surface area contributed by atoms with Crippen LogP contribution in [-0.4, -0.2) is 48.4 Å². The summed E-state index contributed by atoms with van der Waals surface area (Å²) in [6.07, 6.45) is -4.14. The summed E-state index contributed by atoms with van der Waals surface area (Å²) in [4.78, 5) is 36.1. The van der Waals surface area contributed by atoms with Gasteiger partial charge in [0.2, 0.25) is 6.10 Å². The lowest BCUT2D eigenvalue weighted by atomic mass is 9.96. The largest absolute Gasteiger partial charge is 0.466 e. The summed E-state index contributed by atoms with van der Waals surface area (Å²) in [5, 5.41) is 9.88. The Morgan fingerprint density at radius 3 is 1.57 bits per heavy atom. The van der Waals surface area contributed by atoms with Crippen molar-refractivity contribution in [3.63, 3.8) is 0 Å². The van der Waals surface area contributed by atoms with E-state index in [1.807, 2.05) is 0 Å². The summed E-state index contributed by atoms with van der Waals surface area (Å²) in [6, 6.07) is 0. The number of ether oxygens (including phenoxy) is 3. The smallest absolute Gasteiger partial charge is 0.351 e. The molecule has 0 radical (unpaired) electrons. The average molecular weight is 332 g/mol. The number of rotatable bonds is 5. The summed E-state index contributed by atoms with van der Waals surface area (Å²) in [6.45, 7) is 11.1. The molecule has 0 amide bonds. The molecule has 0 rings (SSSR count). The first-order valence-electron chi connectivity index (χ1n) is 7.40. The third-order valence-electron chi connectivity index (χ3n) is 2.91. The van der Waals surface area contributed by atoms with E-state index in [2.05, 4.69) is 4.74 Å². The molecule has 0 spiro atoms. The molecular weight excluding hydrogens is 304 g/mol. The Morgan fingerprint density at radius 1 is 0.870 bits per heavy atom. The van der Waals surface area contributed by atoms with Crippen molar-refractivity contribution in [1.82, 2.24) is 0 Å². The van der Waals surface area contributed by atoms with Gasteiger partial charge in [-0.15, -0.1) is 0 Å². The van der Waals surface area contributed by atoms with Gasteiger partial charge < -0.3 is 19.3 Å².